The smallest absolute Gasteiger partial charge is 0.0259 e. The van der Waals surface area contributed by atoms with Crippen molar-refractivity contribution in [2.24, 2.45) is 0 Å². The molecule has 0 N–H and O–H groups in total. The fourth-order valence-corrected chi connectivity index (χ4v) is 3.39. The number of rotatable bonds is 2. The SMILES string of the molecule is CCCC1C=Cc2cc(Br)c3ccccc3c21. The first-order valence-corrected chi connectivity index (χ1v) is 7.00. The number of halogens is 1. The molecule has 1 unspecified atom stereocenters. The minimum atomic E-state index is 0.605. The lowest BCUT2D eigenvalue weighted by Gasteiger charge is -2.14. The maximum absolute atomic E-state index is 3.68. The second-order valence-corrected chi connectivity index (χ2v) is 5.52. The molecule has 0 bridgehead atoms. The summed E-state index contributed by atoms with van der Waals surface area (Å²) < 4.78 is 1.20. The van der Waals surface area contributed by atoms with Crippen LogP contribution in [0.2, 0.25) is 0 Å². The summed E-state index contributed by atoms with van der Waals surface area (Å²) in [5, 5.41) is 2.73. The van der Waals surface area contributed by atoms with Crippen molar-refractivity contribution in [2.75, 3.05) is 0 Å². The van der Waals surface area contributed by atoms with Gasteiger partial charge in [-0.2, -0.15) is 0 Å². The lowest BCUT2D eigenvalue weighted by molar-refractivity contribution is 0.729. The highest BCUT2D eigenvalue weighted by molar-refractivity contribution is 9.10. The van der Waals surface area contributed by atoms with E-state index in [2.05, 4.69) is 65.3 Å². The Morgan fingerprint density at radius 2 is 1.94 bits per heavy atom. The summed E-state index contributed by atoms with van der Waals surface area (Å²) in [5.41, 5.74) is 2.90. The molecule has 0 radical (unpaired) electrons. The Kier molecular flexibility index (Phi) is 2.79. The summed E-state index contributed by atoms with van der Waals surface area (Å²) >= 11 is 3.68. The van der Waals surface area contributed by atoms with Crippen LogP contribution in [-0.2, 0) is 0 Å². The third kappa shape index (κ3) is 1.73. The van der Waals surface area contributed by atoms with Crippen LogP contribution >= 0.6 is 15.9 Å². The Bertz CT molecular complexity index is 596. The van der Waals surface area contributed by atoms with Gasteiger partial charge in [-0.05, 0) is 34.4 Å². The molecule has 0 amide bonds. The van der Waals surface area contributed by atoms with E-state index >= 15 is 0 Å². The molecule has 0 saturated heterocycles. The highest BCUT2D eigenvalue weighted by Crippen LogP contribution is 2.41. The Hall–Kier alpha value is -1.08. The molecule has 17 heavy (non-hydrogen) atoms. The summed E-state index contributed by atoms with van der Waals surface area (Å²) in [6, 6.07) is 10.9. The van der Waals surface area contributed by atoms with Gasteiger partial charge in [0.25, 0.3) is 0 Å². The summed E-state index contributed by atoms with van der Waals surface area (Å²) in [7, 11) is 0. The fraction of sp³-hybridized carbons (Fsp3) is 0.250. The van der Waals surface area contributed by atoms with Gasteiger partial charge in [-0.25, -0.2) is 0 Å². The summed E-state index contributed by atoms with van der Waals surface area (Å²) in [6.07, 6.45) is 7.11. The molecule has 3 rings (SSSR count). The third-order valence-corrected chi connectivity index (χ3v) is 4.20. The Morgan fingerprint density at radius 1 is 1.18 bits per heavy atom. The second kappa shape index (κ2) is 4.30. The lowest BCUT2D eigenvalue weighted by Crippen LogP contribution is -1.95. The highest BCUT2D eigenvalue weighted by atomic mass is 79.9. The molecule has 0 saturated carbocycles. The number of hydrogen-bond acceptors (Lipinski definition) is 0. The van der Waals surface area contributed by atoms with Gasteiger partial charge < -0.3 is 0 Å². The van der Waals surface area contributed by atoms with Gasteiger partial charge in [0.1, 0.15) is 0 Å². The normalized spacial score (nSPS) is 17.6. The topological polar surface area (TPSA) is 0 Å². The van der Waals surface area contributed by atoms with Crippen LogP contribution in [-0.4, -0.2) is 0 Å². The van der Waals surface area contributed by atoms with Crippen molar-refractivity contribution in [2.45, 2.75) is 25.7 Å². The molecular weight excluding hydrogens is 272 g/mol. The zero-order chi connectivity index (χ0) is 11.8. The number of allylic oxidation sites excluding steroid dienone is 1. The van der Waals surface area contributed by atoms with Crippen molar-refractivity contribution in [1.29, 1.82) is 0 Å². The van der Waals surface area contributed by atoms with Crippen LogP contribution < -0.4 is 0 Å². The lowest BCUT2D eigenvalue weighted by atomic mass is 9.91. The van der Waals surface area contributed by atoms with Gasteiger partial charge >= 0.3 is 0 Å². The van der Waals surface area contributed by atoms with Crippen LogP contribution in [0.1, 0.15) is 36.8 Å². The molecule has 1 atom stereocenters. The van der Waals surface area contributed by atoms with Gasteiger partial charge in [0, 0.05) is 10.4 Å². The van der Waals surface area contributed by atoms with Crippen molar-refractivity contribution >= 4 is 32.8 Å². The molecule has 1 aliphatic carbocycles. The Balaban J connectivity index is 2.28. The number of benzene rings is 2. The van der Waals surface area contributed by atoms with E-state index < -0.39 is 0 Å². The monoisotopic (exact) mass is 286 g/mol. The molecule has 0 fully saturated rings. The first-order valence-electron chi connectivity index (χ1n) is 6.20. The second-order valence-electron chi connectivity index (χ2n) is 4.66. The molecule has 0 spiro atoms. The van der Waals surface area contributed by atoms with E-state index in [9.17, 15) is 0 Å². The van der Waals surface area contributed by atoms with E-state index in [1.54, 1.807) is 0 Å². The largest absolute Gasteiger partial charge is 0.0764 e. The van der Waals surface area contributed by atoms with Crippen molar-refractivity contribution in [3.05, 3.63) is 52.0 Å². The van der Waals surface area contributed by atoms with Gasteiger partial charge in [0.15, 0.2) is 0 Å². The molecule has 0 aromatic heterocycles. The highest BCUT2D eigenvalue weighted by Gasteiger charge is 2.20. The molecule has 2 aromatic rings. The van der Waals surface area contributed by atoms with E-state index in [1.807, 2.05) is 0 Å². The average Bonchev–Trinajstić information content (AvgIpc) is 2.73. The zero-order valence-corrected chi connectivity index (χ0v) is 11.5. The van der Waals surface area contributed by atoms with Crippen molar-refractivity contribution in [1.82, 2.24) is 0 Å². The van der Waals surface area contributed by atoms with Crippen LogP contribution in [0.3, 0.4) is 0 Å². The average molecular weight is 287 g/mol. The van der Waals surface area contributed by atoms with Crippen LogP contribution in [0.4, 0.5) is 0 Å². The zero-order valence-electron chi connectivity index (χ0n) is 9.91. The molecule has 2 aromatic carbocycles. The van der Waals surface area contributed by atoms with Gasteiger partial charge in [-0.1, -0.05) is 65.7 Å². The third-order valence-electron chi connectivity index (χ3n) is 3.55. The quantitative estimate of drug-likeness (QED) is 0.683. The van der Waals surface area contributed by atoms with Crippen molar-refractivity contribution in [3.8, 4) is 0 Å². The predicted octanol–water partition coefficient (Wildman–Crippen LogP) is 5.51. The van der Waals surface area contributed by atoms with Crippen molar-refractivity contribution < 1.29 is 0 Å². The van der Waals surface area contributed by atoms with E-state index in [0.717, 1.165) is 0 Å². The van der Waals surface area contributed by atoms with Gasteiger partial charge in [-0.15, -0.1) is 0 Å². The first kappa shape index (κ1) is 11.0. The summed E-state index contributed by atoms with van der Waals surface area (Å²) in [5.74, 6) is 0.605. The van der Waals surface area contributed by atoms with Gasteiger partial charge in [0.2, 0.25) is 0 Å². The molecule has 86 valence electrons. The molecule has 0 aliphatic heterocycles. The van der Waals surface area contributed by atoms with Crippen LogP contribution in [0.25, 0.3) is 16.8 Å². The summed E-state index contributed by atoms with van der Waals surface area (Å²) in [6.45, 7) is 2.26. The van der Waals surface area contributed by atoms with Crippen LogP contribution in [0.5, 0.6) is 0 Å². The number of fused-ring (bicyclic) bond motifs is 3. The maximum atomic E-state index is 3.68. The van der Waals surface area contributed by atoms with Crippen molar-refractivity contribution in [3.63, 3.8) is 0 Å². The van der Waals surface area contributed by atoms with E-state index in [4.69, 9.17) is 0 Å². The van der Waals surface area contributed by atoms with E-state index in [1.165, 1.54) is 39.2 Å². The first-order chi connectivity index (χ1) is 8.31. The maximum Gasteiger partial charge on any atom is 0.0259 e. The van der Waals surface area contributed by atoms with E-state index in [0.29, 0.717) is 5.92 Å². The Morgan fingerprint density at radius 3 is 2.71 bits per heavy atom. The number of hydrogen-bond donors (Lipinski definition) is 0. The summed E-state index contributed by atoms with van der Waals surface area (Å²) in [4.78, 5) is 0. The Labute approximate surface area is 110 Å². The minimum Gasteiger partial charge on any atom is -0.0764 e. The predicted molar refractivity (Wildman–Crippen MR) is 78.3 cm³/mol. The molecular formula is C16H15Br. The molecule has 0 heterocycles. The molecule has 1 aliphatic rings. The van der Waals surface area contributed by atoms with Gasteiger partial charge in [0.05, 0.1) is 0 Å². The fourth-order valence-electron chi connectivity index (χ4n) is 2.79. The minimum absolute atomic E-state index is 0.605. The van der Waals surface area contributed by atoms with E-state index in [-0.39, 0.29) is 0 Å². The standard InChI is InChI=1S/C16H15Br/c1-2-5-11-8-9-12-10-15(17)13-6-3-4-7-14(13)16(11)12/h3-4,6-11H,2,5H2,1H3. The van der Waals surface area contributed by atoms with Gasteiger partial charge in [-0.3, -0.25) is 0 Å². The van der Waals surface area contributed by atoms with Crippen LogP contribution in [0, 0.1) is 0 Å². The van der Waals surface area contributed by atoms with Crippen LogP contribution in [0.15, 0.2) is 40.9 Å². The molecule has 0 nitrogen and oxygen atoms in total. The molecule has 1 heteroatoms.